The van der Waals surface area contributed by atoms with Gasteiger partial charge in [0, 0.05) is 6.42 Å². The zero-order chi connectivity index (χ0) is 19.0. The van der Waals surface area contributed by atoms with Gasteiger partial charge < -0.3 is 4.74 Å². The number of ether oxygens (including phenoxy) is 1. The first-order valence-electron chi connectivity index (χ1n) is 10.1. The molecule has 2 aromatic carbocycles. The molecule has 0 bridgehead atoms. The smallest absolute Gasteiger partial charge is 0.306 e. The van der Waals surface area contributed by atoms with Gasteiger partial charge in [-0.3, -0.25) is 4.79 Å². The zero-order valence-electron chi connectivity index (χ0n) is 16.9. The molecule has 0 heterocycles. The van der Waals surface area contributed by atoms with Crippen molar-refractivity contribution in [1.82, 2.24) is 0 Å². The Labute approximate surface area is 158 Å². The van der Waals surface area contributed by atoms with E-state index in [0.717, 1.165) is 12.8 Å². The van der Waals surface area contributed by atoms with Crippen molar-refractivity contribution in [2.24, 2.45) is 0 Å². The molecular formula is C24H34O2. The minimum Gasteiger partial charge on any atom is -0.460 e. The van der Waals surface area contributed by atoms with E-state index in [9.17, 15) is 4.79 Å². The Balaban J connectivity index is 1.65. The van der Waals surface area contributed by atoms with Gasteiger partial charge in [0.1, 0.15) is 5.60 Å². The summed E-state index contributed by atoms with van der Waals surface area (Å²) < 4.78 is 5.34. The second-order valence-corrected chi connectivity index (χ2v) is 8.36. The van der Waals surface area contributed by atoms with Crippen molar-refractivity contribution in [1.29, 1.82) is 0 Å². The highest BCUT2D eigenvalue weighted by atomic mass is 16.6. The summed E-state index contributed by atoms with van der Waals surface area (Å²) in [5, 5.41) is 2.72. The van der Waals surface area contributed by atoms with E-state index in [-0.39, 0.29) is 11.6 Å². The van der Waals surface area contributed by atoms with Crippen LogP contribution in [0.25, 0.3) is 10.8 Å². The maximum absolute atomic E-state index is 11.7. The van der Waals surface area contributed by atoms with Crippen molar-refractivity contribution < 1.29 is 9.53 Å². The van der Waals surface area contributed by atoms with E-state index in [0.29, 0.717) is 12.3 Å². The standard InChI is InChI=1S/C24H34O2/c1-19(21-17-12-15-20-14-10-11-16-22(20)21)13-8-6-5-7-9-18-23(25)26-24(2,3)4/h10-12,14-17,19H,5-9,13,18H2,1-4H3. The molecule has 0 saturated carbocycles. The fourth-order valence-electron chi connectivity index (χ4n) is 3.48. The van der Waals surface area contributed by atoms with E-state index in [1.807, 2.05) is 20.8 Å². The molecule has 0 aliphatic rings. The molecule has 2 heteroatoms. The van der Waals surface area contributed by atoms with Crippen molar-refractivity contribution in [2.75, 3.05) is 0 Å². The quantitative estimate of drug-likeness (QED) is 0.357. The number of fused-ring (bicyclic) bond motifs is 1. The van der Waals surface area contributed by atoms with Crippen LogP contribution < -0.4 is 0 Å². The summed E-state index contributed by atoms with van der Waals surface area (Å²) in [6.45, 7) is 8.09. The van der Waals surface area contributed by atoms with Gasteiger partial charge >= 0.3 is 5.97 Å². The lowest BCUT2D eigenvalue weighted by Gasteiger charge is -2.19. The van der Waals surface area contributed by atoms with Gasteiger partial charge in [0.05, 0.1) is 0 Å². The number of carbonyl (C=O) groups is 1. The van der Waals surface area contributed by atoms with Crippen LogP contribution in [0.3, 0.4) is 0 Å². The highest BCUT2D eigenvalue weighted by molar-refractivity contribution is 5.86. The van der Waals surface area contributed by atoms with Crippen molar-refractivity contribution in [3.8, 4) is 0 Å². The van der Waals surface area contributed by atoms with Gasteiger partial charge in [0.25, 0.3) is 0 Å². The predicted octanol–water partition coefficient (Wildman–Crippen LogP) is 7.02. The van der Waals surface area contributed by atoms with Gasteiger partial charge in [-0.05, 0) is 55.9 Å². The average molecular weight is 355 g/mol. The minimum atomic E-state index is -0.366. The van der Waals surface area contributed by atoms with Gasteiger partial charge in [0.15, 0.2) is 0 Å². The average Bonchev–Trinajstić information content (AvgIpc) is 2.58. The predicted molar refractivity (Wildman–Crippen MR) is 111 cm³/mol. The molecule has 0 saturated heterocycles. The lowest BCUT2D eigenvalue weighted by molar-refractivity contribution is -0.154. The molecule has 0 fully saturated rings. The summed E-state index contributed by atoms with van der Waals surface area (Å²) >= 11 is 0. The lowest BCUT2D eigenvalue weighted by atomic mass is 9.90. The summed E-state index contributed by atoms with van der Waals surface area (Å²) in [5.74, 6) is 0.518. The molecule has 142 valence electrons. The zero-order valence-corrected chi connectivity index (χ0v) is 16.9. The van der Waals surface area contributed by atoms with Crippen LogP contribution in [0.4, 0.5) is 0 Å². The molecule has 1 atom stereocenters. The van der Waals surface area contributed by atoms with E-state index in [1.54, 1.807) is 0 Å². The summed E-state index contributed by atoms with van der Waals surface area (Å²) in [5.41, 5.74) is 1.10. The third-order valence-corrected chi connectivity index (χ3v) is 4.79. The van der Waals surface area contributed by atoms with Crippen molar-refractivity contribution >= 4 is 16.7 Å². The second-order valence-electron chi connectivity index (χ2n) is 8.36. The van der Waals surface area contributed by atoms with Crippen LogP contribution in [-0.2, 0) is 9.53 Å². The Bertz CT molecular complexity index is 691. The van der Waals surface area contributed by atoms with Crippen molar-refractivity contribution in [2.45, 2.75) is 84.2 Å². The molecule has 0 aliphatic heterocycles. The second kappa shape index (κ2) is 9.75. The number of hydrogen-bond donors (Lipinski definition) is 0. The van der Waals surface area contributed by atoms with Gasteiger partial charge in [-0.1, -0.05) is 75.1 Å². The number of carbonyl (C=O) groups excluding carboxylic acids is 1. The van der Waals surface area contributed by atoms with Crippen LogP contribution >= 0.6 is 0 Å². The number of rotatable bonds is 9. The molecule has 2 rings (SSSR count). The highest BCUT2D eigenvalue weighted by Crippen LogP contribution is 2.29. The van der Waals surface area contributed by atoms with Gasteiger partial charge in [-0.25, -0.2) is 0 Å². The Kier molecular flexibility index (Phi) is 7.68. The number of unbranched alkanes of at least 4 members (excludes halogenated alkanes) is 4. The molecule has 0 spiro atoms. The van der Waals surface area contributed by atoms with E-state index in [4.69, 9.17) is 4.74 Å². The van der Waals surface area contributed by atoms with Crippen LogP contribution in [0, 0.1) is 0 Å². The SMILES string of the molecule is CC(CCCCCCCC(=O)OC(C)(C)C)c1cccc2ccccc12. The molecule has 2 aromatic rings. The van der Waals surface area contributed by atoms with Crippen LogP contribution in [0.1, 0.15) is 84.1 Å². The molecule has 0 amide bonds. The fourth-order valence-corrected chi connectivity index (χ4v) is 3.48. The Morgan fingerprint density at radius 1 is 0.923 bits per heavy atom. The Hall–Kier alpha value is -1.83. The summed E-state index contributed by atoms with van der Waals surface area (Å²) in [6.07, 6.45) is 7.50. The first-order chi connectivity index (χ1) is 12.4. The van der Waals surface area contributed by atoms with Crippen LogP contribution in [0.15, 0.2) is 42.5 Å². The first kappa shape index (κ1) is 20.5. The monoisotopic (exact) mass is 354 g/mol. The normalized spacial score (nSPS) is 12.9. The van der Waals surface area contributed by atoms with E-state index in [1.165, 1.54) is 42.0 Å². The molecule has 0 aromatic heterocycles. The van der Waals surface area contributed by atoms with E-state index < -0.39 is 0 Å². The van der Waals surface area contributed by atoms with Gasteiger partial charge in [0.2, 0.25) is 0 Å². The van der Waals surface area contributed by atoms with Crippen LogP contribution in [-0.4, -0.2) is 11.6 Å². The molecule has 2 nitrogen and oxygen atoms in total. The van der Waals surface area contributed by atoms with E-state index in [2.05, 4.69) is 49.4 Å². The molecular weight excluding hydrogens is 320 g/mol. The molecule has 1 unspecified atom stereocenters. The molecule has 0 radical (unpaired) electrons. The summed E-state index contributed by atoms with van der Waals surface area (Å²) in [7, 11) is 0. The van der Waals surface area contributed by atoms with Crippen molar-refractivity contribution in [3.05, 3.63) is 48.0 Å². The minimum absolute atomic E-state index is 0.0675. The third kappa shape index (κ3) is 6.82. The fraction of sp³-hybridized carbons (Fsp3) is 0.542. The molecule has 0 aliphatic carbocycles. The summed E-state index contributed by atoms with van der Waals surface area (Å²) in [6, 6.07) is 15.3. The maximum atomic E-state index is 11.7. The van der Waals surface area contributed by atoms with Gasteiger partial charge in [-0.15, -0.1) is 0 Å². The summed E-state index contributed by atoms with van der Waals surface area (Å²) in [4.78, 5) is 11.7. The van der Waals surface area contributed by atoms with Crippen molar-refractivity contribution in [3.63, 3.8) is 0 Å². The lowest BCUT2D eigenvalue weighted by Crippen LogP contribution is -2.23. The first-order valence-corrected chi connectivity index (χ1v) is 10.1. The Morgan fingerprint density at radius 2 is 1.58 bits per heavy atom. The van der Waals surface area contributed by atoms with Crippen LogP contribution in [0.2, 0.25) is 0 Å². The van der Waals surface area contributed by atoms with Gasteiger partial charge in [-0.2, -0.15) is 0 Å². The topological polar surface area (TPSA) is 26.3 Å². The molecule has 26 heavy (non-hydrogen) atoms. The number of esters is 1. The highest BCUT2D eigenvalue weighted by Gasteiger charge is 2.15. The number of benzene rings is 2. The number of hydrogen-bond acceptors (Lipinski definition) is 2. The van der Waals surface area contributed by atoms with E-state index >= 15 is 0 Å². The Morgan fingerprint density at radius 3 is 2.35 bits per heavy atom. The van der Waals surface area contributed by atoms with Crippen LogP contribution in [0.5, 0.6) is 0 Å². The third-order valence-electron chi connectivity index (χ3n) is 4.79. The maximum Gasteiger partial charge on any atom is 0.306 e. The largest absolute Gasteiger partial charge is 0.460 e. The molecule has 0 N–H and O–H groups in total.